The molecule has 1 rings (SSSR count). The number of rotatable bonds is 6. The summed E-state index contributed by atoms with van der Waals surface area (Å²) in [6, 6.07) is 1.97. The van der Waals surface area contributed by atoms with Crippen molar-refractivity contribution in [3.05, 3.63) is 24.8 Å². The second-order valence-corrected chi connectivity index (χ2v) is 3.89. The lowest BCUT2D eigenvalue weighted by molar-refractivity contribution is -0.700. The molecule has 0 aliphatic rings. The summed E-state index contributed by atoms with van der Waals surface area (Å²) in [5.74, 6) is 0. The van der Waals surface area contributed by atoms with E-state index in [0.717, 1.165) is 11.9 Å². The third kappa shape index (κ3) is 4.98. The van der Waals surface area contributed by atoms with Gasteiger partial charge in [0.15, 0.2) is 0 Å². The highest BCUT2D eigenvalue weighted by Crippen LogP contribution is 2.01. The molecule has 0 bridgehead atoms. The van der Waals surface area contributed by atoms with Crippen molar-refractivity contribution in [1.29, 1.82) is 0 Å². The number of nitrogens with zero attached hydrogens (tertiary/aromatic N) is 2. The van der Waals surface area contributed by atoms with E-state index < -0.39 is 0 Å². The van der Waals surface area contributed by atoms with Crippen LogP contribution in [0, 0.1) is 0 Å². The number of hydrogen-bond donors (Lipinski definition) is 0. The van der Waals surface area contributed by atoms with Crippen LogP contribution in [0.4, 0.5) is 0 Å². The van der Waals surface area contributed by atoms with Crippen LogP contribution in [0.1, 0.15) is 25.7 Å². The molecule has 0 unspecified atom stereocenters. The molecule has 0 atom stereocenters. The summed E-state index contributed by atoms with van der Waals surface area (Å²) >= 11 is 3.43. The second kappa shape index (κ2) is 7.01. The first-order valence-corrected chi connectivity index (χ1v) is 5.90. The Morgan fingerprint density at radius 3 is 2.69 bits per heavy atom. The van der Waals surface area contributed by atoms with E-state index in [-0.39, 0.29) is 0 Å². The number of hydrogen-bond acceptors (Lipinski definition) is 1. The van der Waals surface area contributed by atoms with Gasteiger partial charge >= 0.3 is 0 Å². The number of halogens is 1. The molecule has 0 amide bonds. The van der Waals surface area contributed by atoms with Gasteiger partial charge in [-0.3, -0.25) is 0 Å². The molecule has 0 radical (unpaired) electrons. The fourth-order valence-electron chi connectivity index (χ4n) is 1.24. The van der Waals surface area contributed by atoms with Crippen molar-refractivity contribution in [2.24, 2.45) is 0 Å². The summed E-state index contributed by atoms with van der Waals surface area (Å²) < 4.78 is 2.13. The van der Waals surface area contributed by atoms with Gasteiger partial charge in [0.1, 0.15) is 6.20 Å². The van der Waals surface area contributed by atoms with Crippen molar-refractivity contribution in [2.75, 3.05) is 5.33 Å². The minimum absolute atomic E-state index is 1.09. The molecule has 0 aliphatic carbocycles. The van der Waals surface area contributed by atoms with Gasteiger partial charge in [-0.05, 0) is 19.3 Å². The maximum Gasteiger partial charge on any atom is 0.286 e. The first kappa shape index (κ1) is 10.6. The number of alkyl halides is 1. The van der Waals surface area contributed by atoms with Crippen molar-refractivity contribution in [2.45, 2.75) is 32.2 Å². The zero-order chi connectivity index (χ0) is 9.36. The van der Waals surface area contributed by atoms with Gasteiger partial charge in [0.2, 0.25) is 0 Å². The quantitative estimate of drug-likeness (QED) is 0.426. The average Bonchev–Trinajstić information content (AvgIpc) is 2.19. The summed E-state index contributed by atoms with van der Waals surface area (Å²) in [7, 11) is 0. The third-order valence-corrected chi connectivity index (χ3v) is 2.53. The predicted molar refractivity (Wildman–Crippen MR) is 56.7 cm³/mol. The van der Waals surface area contributed by atoms with E-state index in [9.17, 15) is 0 Å². The third-order valence-electron chi connectivity index (χ3n) is 1.96. The fraction of sp³-hybridized carbons (Fsp3) is 0.600. The maximum absolute atomic E-state index is 4.06. The lowest BCUT2D eigenvalue weighted by atomic mass is 10.2. The van der Waals surface area contributed by atoms with Gasteiger partial charge in [0.25, 0.3) is 6.33 Å². The summed E-state index contributed by atoms with van der Waals surface area (Å²) in [6.45, 7) is 1.09. The highest BCUT2D eigenvalue weighted by Gasteiger charge is 1.95. The molecule has 0 aliphatic heterocycles. The molecular formula is C10H16BrN2+. The highest BCUT2D eigenvalue weighted by atomic mass is 79.9. The Kier molecular flexibility index (Phi) is 5.74. The molecule has 3 heteroatoms. The van der Waals surface area contributed by atoms with E-state index in [0.29, 0.717) is 0 Å². The molecule has 0 saturated carbocycles. The minimum Gasteiger partial charge on any atom is -0.237 e. The summed E-state index contributed by atoms with van der Waals surface area (Å²) in [6.07, 6.45) is 10.9. The summed E-state index contributed by atoms with van der Waals surface area (Å²) in [4.78, 5) is 4.06. The van der Waals surface area contributed by atoms with Crippen LogP contribution in [-0.2, 0) is 6.54 Å². The number of aromatic nitrogens is 2. The second-order valence-electron chi connectivity index (χ2n) is 3.10. The Morgan fingerprint density at radius 2 is 2.00 bits per heavy atom. The smallest absolute Gasteiger partial charge is 0.237 e. The van der Waals surface area contributed by atoms with Crippen molar-refractivity contribution in [3.8, 4) is 0 Å². The van der Waals surface area contributed by atoms with Crippen molar-refractivity contribution in [3.63, 3.8) is 0 Å². The maximum atomic E-state index is 4.06. The molecule has 0 spiro atoms. The van der Waals surface area contributed by atoms with Crippen LogP contribution < -0.4 is 4.57 Å². The van der Waals surface area contributed by atoms with E-state index in [1.165, 1.54) is 25.7 Å². The predicted octanol–water partition coefficient (Wildman–Crippen LogP) is 2.32. The SMILES string of the molecule is BrCCCCCC[n+]1cccnc1. The first-order valence-electron chi connectivity index (χ1n) is 4.78. The molecule has 72 valence electrons. The van der Waals surface area contributed by atoms with Crippen LogP contribution >= 0.6 is 15.9 Å². The first-order chi connectivity index (χ1) is 6.43. The Balaban J connectivity index is 2.07. The van der Waals surface area contributed by atoms with Crippen molar-refractivity contribution >= 4 is 15.9 Å². The number of unbranched alkanes of at least 4 members (excludes halogenated alkanes) is 3. The van der Waals surface area contributed by atoms with Crippen molar-refractivity contribution < 1.29 is 4.57 Å². The Morgan fingerprint density at radius 1 is 1.15 bits per heavy atom. The van der Waals surface area contributed by atoms with E-state index in [2.05, 4.69) is 31.7 Å². The molecule has 1 heterocycles. The van der Waals surface area contributed by atoms with Gasteiger partial charge in [-0.1, -0.05) is 27.3 Å². The van der Waals surface area contributed by atoms with Gasteiger partial charge in [0, 0.05) is 11.4 Å². The van der Waals surface area contributed by atoms with E-state index in [1.54, 1.807) is 6.20 Å². The van der Waals surface area contributed by atoms with Crippen LogP contribution in [0.25, 0.3) is 0 Å². The van der Waals surface area contributed by atoms with Crippen LogP contribution in [-0.4, -0.2) is 10.3 Å². The van der Waals surface area contributed by atoms with Crippen LogP contribution in [0.5, 0.6) is 0 Å². The van der Waals surface area contributed by atoms with Gasteiger partial charge in [-0.2, -0.15) is 0 Å². The van der Waals surface area contributed by atoms with Crippen LogP contribution in [0.3, 0.4) is 0 Å². The molecule has 0 fully saturated rings. The Bertz CT molecular complexity index is 213. The molecule has 1 aromatic heterocycles. The highest BCUT2D eigenvalue weighted by molar-refractivity contribution is 9.09. The average molecular weight is 244 g/mol. The zero-order valence-corrected chi connectivity index (χ0v) is 9.41. The fourth-order valence-corrected chi connectivity index (χ4v) is 1.63. The van der Waals surface area contributed by atoms with E-state index in [4.69, 9.17) is 0 Å². The largest absolute Gasteiger partial charge is 0.286 e. The monoisotopic (exact) mass is 243 g/mol. The topological polar surface area (TPSA) is 16.8 Å². The lowest BCUT2D eigenvalue weighted by Crippen LogP contribution is -2.32. The normalized spacial score (nSPS) is 10.2. The lowest BCUT2D eigenvalue weighted by Gasteiger charge is -1.98. The van der Waals surface area contributed by atoms with Gasteiger partial charge in [0.05, 0.1) is 12.7 Å². The van der Waals surface area contributed by atoms with E-state index in [1.807, 2.05) is 12.4 Å². The summed E-state index contributed by atoms with van der Waals surface area (Å²) in [5.41, 5.74) is 0. The Labute approximate surface area is 88.1 Å². The number of aryl methyl sites for hydroxylation is 1. The molecule has 1 aromatic rings. The molecular weight excluding hydrogens is 228 g/mol. The molecule has 0 aromatic carbocycles. The van der Waals surface area contributed by atoms with Crippen LogP contribution in [0.2, 0.25) is 0 Å². The Hall–Kier alpha value is -0.440. The van der Waals surface area contributed by atoms with Crippen molar-refractivity contribution in [1.82, 2.24) is 4.98 Å². The molecule has 13 heavy (non-hydrogen) atoms. The summed E-state index contributed by atoms with van der Waals surface area (Å²) in [5, 5.41) is 1.13. The van der Waals surface area contributed by atoms with Crippen LogP contribution in [0.15, 0.2) is 24.8 Å². The molecule has 0 N–H and O–H groups in total. The van der Waals surface area contributed by atoms with Gasteiger partial charge < -0.3 is 0 Å². The zero-order valence-electron chi connectivity index (χ0n) is 7.82. The standard InChI is InChI=1S/C10H16BrN2/c11-6-3-1-2-4-8-13-9-5-7-12-10-13/h5,7,9-10H,1-4,6,8H2/q+1. The van der Waals surface area contributed by atoms with Gasteiger partial charge in [-0.15, -0.1) is 0 Å². The molecule has 0 saturated heterocycles. The van der Waals surface area contributed by atoms with Gasteiger partial charge in [-0.25, -0.2) is 4.57 Å². The molecule has 2 nitrogen and oxygen atoms in total. The minimum atomic E-state index is 1.09. The van der Waals surface area contributed by atoms with E-state index >= 15 is 0 Å².